The molecule has 1 unspecified atom stereocenters. The van der Waals surface area contributed by atoms with E-state index < -0.39 is 10.0 Å². The lowest BCUT2D eigenvalue weighted by atomic mass is 10.0. The molecule has 1 saturated heterocycles. The molecule has 1 heterocycles. The summed E-state index contributed by atoms with van der Waals surface area (Å²) >= 11 is 0. The fraction of sp³-hybridized carbons (Fsp3) is 0.345. The standard InChI is InChI=1S/C29H36N4O4S/c1-22(29(34)30-20-23-6-4-3-5-7-23)31-25-16-18-33(19-17-25)21-24-8-12-27(13-9-24)37-28-14-10-26(11-15-28)32-38(2,35)36/h3-15,22,25,31-32H,16-21H2,1-2H3,(H,30,34). The maximum atomic E-state index is 12.5. The van der Waals surface area contributed by atoms with Crippen LogP contribution in [0.5, 0.6) is 11.5 Å². The molecule has 3 N–H and O–H groups in total. The smallest absolute Gasteiger partial charge is 0.237 e. The first-order chi connectivity index (χ1) is 18.2. The summed E-state index contributed by atoms with van der Waals surface area (Å²) < 4.78 is 31.0. The first-order valence-corrected chi connectivity index (χ1v) is 14.8. The van der Waals surface area contributed by atoms with Crippen molar-refractivity contribution in [3.05, 3.63) is 90.0 Å². The van der Waals surface area contributed by atoms with Gasteiger partial charge in [0.1, 0.15) is 11.5 Å². The highest BCUT2D eigenvalue weighted by Crippen LogP contribution is 2.24. The number of carbonyl (C=O) groups is 1. The lowest BCUT2D eigenvalue weighted by Gasteiger charge is -2.33. The van der Waals surface area contributed by atoms with Crippen molar-refractivity contribution in [3.8, 4) is 11.5 Å². The number of piperidine rings is 1. The van der Waals surface area contributed by atoms with Crippen LogP contribution >= 0.6 is 0 Å². The Morgan fingerprint density at radius 3 is 2.13 bits per heavy atom. The van der Waals surface area contributed by atoms with Crippen LogP contribution in [0.4, 0.5) is 5.69 Å². The molecule has 0 aliphatic carbocycles. The second kappa shape index (κ2) is 12.9. The number of hydrogen-bond donors (Lipinski definition) is 3. The van der Waals surface area contributed by atoms with E-state index in [0.717, 1.165) is 50.0 Å². The summed E-state index contributed by atoms with van der Waals surface area (Å²) in [5.74, 6) is 1.38. The first kappa shape index (κ1) is 27.6. The molecule has 4 rings (SSSR count). The fourth-order valence-corrected chi connectivity index (χ4v) is 5.05. The van der Waals surface area contributed by atoms with Gasteiger partial charge in [-0.25, -0.2) is 8.42 Å². The van der Waals surface area contributed by atoms with E-state index in [2.05, 4.69) is 32.4 Å². The second-order valence-corrected chi connectivity index (χ2v) is 11.5. The van der Waals surface area contributed by atoms with Gasteiger partial charge in [0.05, 0.1) is 12.3 Å². The van der Waals surface area contributed by atoms with Crippen molar-refractivity contribution in [1.82, 2.24) is 15.5 Å². The Hall–Kier alpha value is -3.40. The number of carbonyl (C=O) groups excluding carboxylic acids is 1. The molecule has 1 amide bonds. The molecule has 3 aromatic carbocycles. The van der Waals surface area contributed by atoms with Crippen molar-refractivity contribution in [2.24, 2.45) is 0 Å². The zero-order chi connectivity index (χ0) is 27.0. The molecule has 3 aromatic rings. The second-order valence-electron chi connectivity index (χ2n) is 9.79. The summed E-state index contributed by atoms with van der Waals surface area (Å²) in [4.78, 5) is 14.9. The Bertz CT molecular complexity index is 1270. The number of hydrogen-bond acceptors (Lipinski definition) is 6. The van der Waals surface area contributed by atoms with Gasteiger partial charge in [-0.15, -0.1) is 0 Å². The van der Waals surface area contributed by atoms with E-state index in [1.807, 2.05) is 49.4 Å². The molecule has 9 heteroatoms. The highest BCUT2D eigenvalue weighted by molar-refractivity contribution is 7.92. The van der Waals surface area contributed by atoms with Gasteiger partial charge in [-0.3, -0.25) is 14.4 Å². The van der Waals surface area contributed by atoms with Gasteiger partial charge < -0.3 is 15.4 Å². The summed E-state index contributed by atoms with van der Waals surface area (Å²) in [7, 11) is -3.30. The monoisotopic (exact) mass is 536 g/mol. The van der Waals surface area contributed by atoms with Gasteiger partial charge in [0, 0.05) is 24.8 Å². The van der Waals surface area contributed by atoms with Gasteiger partial charge >= 0.3 is 0 Å². The number of anilines is 1. The van der Waals surface area contributed by atoms with Crippen LogP contribution in [0, 0.1) is 0 Å². The van der Waals surface area contributed by atoms with Crippen LogP contribution in [0.1, 0.15) is 30.9 Å². The van der Waals surface area contributed by atoms with Gasteiger partial charge in [-0.05, 0) is 80.4 Å². The predicted octanol–water partition coefficient (Wildman–Crippen LogP) is 4.11. The van der Waals surface area contributed by atoms with Gasteiger partial charge in [0.2, 0.25) is 15.9 Å². The Morgan fingerprint density at radius 2 is 1.53 bits per heavy atom. The summed E-state index contributed by atoms with van der Waals surface area (Å²) in [5.41, 5.74) is 2.80. The number of nitrogens with one attached hydrogen (secondary N) is 3. The summed E-state index contributed by atoms with van der Waals surface area (Å²) in [5, 5.41) is 6.51. The minimum Gasteiger partial charge on any atom is -0.457 e. The zero-order valence-electron chi connectivity index (χ0n) is 21.9. The van der Waals surface area contributed by atoms with Gasteiger partial charge in [0.15, 0.2) is 0 Å². The predicted molar refractivity (Wildman–Crippen MR) is 151 cm³/mol. The molecule has 0 spiro atoms. The van der Waals surface area contributed by atoms with Crippen molar-refractivity contribution in [2.45, 2.75) is 44.9 Å². The van der Waals surface area contributed by atoms with E-state index in [0.29, 0.717) is 24.0 Å². The van der Waals surface area contributed by atoms with Crippen molar-refractivity contribution in [2.75, 3.05) is 24.1 Å². The molecule has 1 aliphatic rings. The molecule has 0 radical (unpaired) electrons. The molecule has 38 heavy (non-hydrogen) atoms. The van der Waals surface area contributed by atoms with Crippen molar-refractivity contribution >= 4 is 21.6 Å². The molecule has 0 saturated carbocycles. The quantitative estimate of drug-likeness (QED) is 0.341. The number of amides is 1. The minimum atomic E-state index is -3.30. The lowest BCUT2D eigenvalue weighted by molar-refractivity contribution is -0.123. The third-order valence-electron chi connectivity index (χ3n) is 6.50. The van der Waals surface area contributed by atoms with Crippen LogP contribution in [-0.4, -0.2) is 50.7 Å². The number of likely N-dealkylation sites (tertiary alicyclic amines) is 1. The first-order valence-electron chi connectivity index (χ1n) is 12.9. The van der Waals surface area contributed by atoms with E-state index in [4.69, 9.17) is 4.74 Å². The van der Waals surface area contributed by atoms with Crippen molar-refractivity contribution < 1.29 is 17.9 Å². The number of benzene rings is 3. The SMILES string of the molecule is CC(NC1CCN(Cc2ccc(Oc3ccc(NS(C)(=O)=O)cc3)cc2)CC1)C(=O)NCc1ccccc1. The Labute approximate surface area is 225 Å². The largest absolute Gasteiger partial charge is 0.457 e. The number of nitrogens with zero attached hydrogens (tertiary/aromatic N) is 1. The van der Waals surface area contributed by atoms with Crippen molar-refractivity contribution in [1.29, 1.82) is 0 Å². The van der Waals surface area contributed by atoms with Gasteiger partial charge in [-0.1, -0.05) is 42.5 Å². The Balaban J connectivity index is 1.17. The van der Waals surface area contributed by atoms with Crippen LogP contribution < -0.4 is 20.1 Å². The summed E-state index contributed by atoms with van der Waals surface area (Å²) in [6.45, 7) is 5.29. The van der Waals surface area contributed by atoms with Gasteiger partial charge in [-0.2, -0.15) is 0 Å². The van der Waals surface area contributed by atoms with E-state index in [1.54, 1.807) is 24.3 Å². The van der Waals surface area contributed by atoms with Crippen LogP contribution in [0.25, 0.3) is 0 Å². The normalized spacial score (nSPS) is 15.5. The molecule has 202 valence electrons. The van der Waals surface area contributed by atoms with E-state index in [-0.39, 0.29) is 11.9 Å². The molecule has 1 fully saturated rings. The van der Waals surface area contributed by atoms with Crippen LogP contribution in [-0.2, 0) is 27.9 Å². The molecular formula is C29H36N4O4S. The Morgan fingerprint density at radius 1 is 0.921 bits per heavy atom. The fourth-order valence-electron chi connectivity index (χ4n) is 4.49. The molecule has 8 nitrogen and oxygen atoms in total. The number of ether oxygens (including phenoxy) is 1. The van der Waals surface area contributed by atoms with Crippen molar-refractivity contribution in [3.63, 3.8) is 0 Å². The third-order valence-corrected chi connectivity index (χ3v) is 7.11. The topological polar surface area (TPSA) is 99.8 Å². The average Bonchev–Trinajstić information content (AvgIpc) is 2.90. The van der Waals surface area contributed by atoms with E-state index in [9.17, 15) is 13.2 Å². The maximum Gasteiger partial charge on any atom is 0.237 e. The van der Waals surface area contributed by atoms with E-state index >= 15 is 0 Å². The molecular weight excluding hydrogens is 500 g/mol. The summed E-state index contributed by atoms with van der Waals surface area (Å²) in [6, 6.07) is 24.9. The number of rotatable bonds is 11. The van der Waals surface area contributed by atoms with Gasteiger partial charge in [0.25, 0.3) is 0 Å². The molecule has 1 atom stereocenters. The number of sulfonamides is 1. The third kappa shape index (κ3) is 8.86. The average molecular weight is 537 g/mol. The Kier molecular flexibility index (Phi) is 9.38. The van der Waals surface area contributed by atoms with E-state index in [1.165, 1.54) is 5.56 Å². The molecule has 1 aliphatic heterocycles. The highest BCUT2D eigenvalue weighted by atomic mass is 32.2. The molecule has 0 bridgehead atoms. The van der Waals surface area contributed by atoms with Crippen LogP contribution in [0.2, 0.25) is 0 Å². The minimum absolute atomic E-state index is 0.0279. The molecule has 0 aromatic heterocycles. The summed E-state index contributed by atoms with van der Waals surface area (Å²) in [6.07, 6.45) is 3.12. The van der Waals surface area contributed by atoms with Crippen LogP contribution in [0.3, 0.4) is 0 Å². The van der Waals surface area contributed by atoms with Crippen LogP contribution in [0.15, 0.2) is 78.9 Å². The highest BCUT2D eigenvalue weighted by Gasteiger charge is 2.23. The lowest BCUT2D eigenvalue weighted by Crippen LogP contribution is -2.50. The maximum absolute atomic E-state index is 12.5. The zero-order valence-corrected chi connectivity index (χ0v) is 22.7.